The van der Waals surface area contributed by atoms with Crippen LogP contribution in [0.3, 0.4) is 0 Å². The molecule has 1 unspecified atom stereocenters. The third kappa shape index (κ3) is 5.40. The van der Waals surface area contributed by atoms with Crippen molar-refractivity contribution in [1.82, 2.24) is 10.3 Å². The molecule has 148 valence electrons. The van der Waals surface area contributed by atoms with Gasteiger partial charge in [-0.3, -0.25) is 14.6 Å². The van der Waals surface area contributed by atoms with Gasteiger partial charge in [0, 0.05) is 41.8 Å². The van der Waals surface area contributed by atoms with Crippen LogP contribution in [0.5, 0.6) is 5.75 Å². The van der Waals surface area contributed by atoms with Gasteiger partial charge in [-0.05, 0) is 54.1 Å². The van der Waals surface area contributed by atoms with E-state index in [9.17, 15) is 9.59 Å². The summed E-state index contributed by atoms with van der Waals surface area (Å²) >= 11 is 0. The second kappa shape index (κ2) is 9.48. The molecule has 2 amide bonds. The number of benzene rings is 2. The minimum absolute atomic E-state index is 0.212. The number of nitrogens with zero attached hydrogens (tertiary/aromatic N) is 1. The maximum atomic E-state index is 12.3. The van der Waals surface area contributed by atoms with Crippen molar-refractivity contribution in [2.24, 2.45) is 5.73 Å². The number of ether oxygens (including phenoxy) is 1. The topological polar surface area (TPSA) is 106 Å². The van der Waals surface area contributed by atoms with Crippen LogP contribution in [-0.2, 0) is 0 Å². The number of carbonyl (C=O) groups is 2. The Labute approximate surface area is 168 Å². The molecule has 3 aromatic rings. The summed E-state index contributed by atoms with van der Waals surface area (Å²) in [6.07, 6.45) is 3.22. The van der Waals surface area contributed by atoms with Crippen LogP contribution >= 0.6 is 0 Å². The lowest BCUT2D eigenvalue weighted by molar-refractivity contribution is 0.0950. The second-order valence-corrected chi connectivity index (χ2v) is 6.36. The normalized spacial score (nSPS) is 11.4. The number of pyridine rings is 1. The van der Waals surface area contributed by atoms with Crippen LogP contribution in [0.15, 0.2) is 73.1 Å². The van der Waals surface area contributed by atoms with Gasteiger partial charge in [0.2, 0.25) is 0 Å². The largest absolute Gasteiger partial charge is 0.497 e. The molecule has 1 atom stereocenters. The number of hydrogen-bond acceptors (Lipinski definition) is 5. The number of aromatic nitrogens is 1. The highest BCUT2D eigenvalue weighted by Crippen LogP contribution is 2.14. The van der Waals surface area contributed by atoms with Gasteiger partial charge in [-0.2, -0.15) is 0 Å². The first-order chi connectivity index (χ1) is 14.1. The SMILES string of the molecule is COc1ccc(C(=O)NCC(N)c2ccc(C(=O)Nc3ccncc3)cc2)cc1. The maximum Gasteiger partial charge on any atom is 0.255 e. The second-order valence-electron chi connectivity index (χ2n) is 6.36. The number of anilines is 1. The van der Waals surface area contributed by atoms with Crippen molar-refractivity contribution in [3.63, 3.8) is 0 Å². The zero-order valence-corrected chi connectivity index (χ0v) is 16.0. The van der Waals surface area contributed by atoms with Gasteiger partial charge in [-0.25, -0.2) is 0 Å². The lowest BCUT2D eigenvalue weighted by atomic mass is 10.0. The summed E-state index contributed by atoms with van der Waals surface area (Å²) in [4.78, 5) is 28.4. The number of carbonyl (C=O) groups excluding carboxylic acids is 2. The molecule has 3 rings (SSSR count). The fraction of sp³-hybridized carbons (Fsp3) is 0.136. The molecule has 1 aromatic heterocycles. The average Bonchev–Trinajstić information content (AvgIpc) is 2.78. The molecule has 0 aliphatic heterocycles. The number of nitrogens with one attached hydrogen (secondary N) is 2. The van der Waals surface area contributed by atoms with E-state index in [1.54, 1.807) is 80.2 Å². The van der Waals surface area contributed by atoms with E-state index in [0.29, 0.717) is 22.6 Å². The molecule has 0 aliphatic rings. The van der Waals surface area contributed by atoms with Crippen molar-refractivity contribution in [3.05, 3.63) is 89.7 Å². The van der Waals surface area contributed by atoms with Crippen molar-refractivity contribution in [2.75, 3.05) is 19.0 Å². The van der Waals surface area contributed by atoms with Crippen LogP contribution in [0, 0.1) is 0 Å². The van der Waals surface area contributed by atoms with Gasteiger partial charge in [-0.15, -0.1) is 0 Å². The maximum absolute atomic E-state index is 12.3. The van der Waals surface area contributed by atoms with Crippen LogP contribution in [0.4, 0.5) is 5.69 Å². The molecule has 7 heteroatoms. The minimum atomic E-state index is -0.394. The molecule has 0 aliphatic carbocycles. The van der Waals surface area contributed by atoms with Crippen molar-refractivity contribution >= 4 is 17.5 Å². The van der Waals surface area contributed by atoms with Crippen LogP contribution in [0.1, 0.15) is 32.3 Å². The quantitative estimate of drug-likeness (QED) is 0.575. The summed E-state index contributed by atoms with van der Waals surface area (Å²) in [7, 11) is 1.57. The van der Waals surface area contributed by atoms with E-state index in [1.807, 2.05) is 0 Å². The number of hydrogen-bond donors (Lipinski definition) is 3. The fourth-order valence-electron chi connectivity index (χ4n) is 2.69. The third-order valence-electron chi connectivity index (χ3n) is 4.37. The standard InChI is InChI=1S/C22H22N4O3/c1-29-19-8-6-16(7-9-19)21(27)25-14-20(23)15-2-4-17(5-3-15)22(28)26-18-10-12-24-13-11-18/h2-13,20H,14,23H2,1H3,(H,25,27)(H,24,26,28). The smallest absolute Gasteiger partial charge is 0.255 e. The first kappa shape index (κ1) is 20.0. The zero-order chi connectivity index (χ0) is 20.6. The highest BCUT2D eigenvalue weighted by Gasteiger charge is 2.12. The Bertz CT molecular complexity index is 958. The lowest BCUT2D eigenvalue weighted by Gasteiger charge is -2.14. The van der Waals surface area contributed by atoms with E-state index in [1.165, 1.54) is 0 Å². The number of rotatable bonds is 7. The molecule has 0 saturated heterocycles. The number of nitrogens with two attached hydrogens (primary N) is 1. The number of amides is 2. The van der Waals surface area contributed by atoms with Gasteiger partial charge in [0.05, 0.1) is 7.11 Å². The molecule has 0 radical (unpaired) electrons. The van der Waals surface area contributed by atoms with E-state index < -0.39 is 6.04 Å². The van der Waals surface area contributed by atoms with Crippen molar-refractivity contribution in [2.45, 2.75) is 6.04 Å². The van der Waals surface area contributed by atoms with E-state index in [2.05, 4.69) is 15.6 Å². The molecule has 0 fully saturated rings. The van der Waals surface area contributed by atoms with Gasteiger partial charge in [-0.1, -0.05) is 12.1 Å². The lowest BCUT2D eigenvalue weighted by Crippen LogP contribution is -2.31. The highest BCUT2D eigenvalue weighted by atomic mass is 16.5. The molecule has 7 nitrogen and oxygen atoms in total. The molecular weight excluding hydrogens is 368 g/mol. The molecule has 4 N–H and O–H groups in total. The number of methoxy groups -OCH3 is 1. The monoisotopic (exact) mass is 390 g/mol. The van der Waals surface area contributed by atoms with E-state index in [-0.39, 0.29) is 18.4 Å². The van der Waals surface area contributed by atoms with Crippen molar-refractivity contribution in [1.29, 1.82) is 0 Å². The molecule has 0 spiro atoms. The van der Waals surface area contributed by atoms with Gasteiger partial charge in [0.25, 0.3) is 11.8 Å². The Kier molecular flexibility index (Phi) is 6.55. The molecule has 0 saturated carbocycles. The Morgan fingerprint density at radius 1 is 0.931 bits per heavy atom. The molecule has 1 heterocycles. The van der Waals surface area contributed by atoms with Gasteiger partial charge < -0.3 is 21.1 Å². The molecular formula is C22H22N4O3. The summed E-state index contributed by atoms with van der Waals surface area (Å²) in [5, 5.41) is 5.61. The first-order valence-corrected chi connectivity index (χ1v) is 9.06. The van der Waals surface area contributed by atoms with Gasteiger partial charge in [0.15, 0.2) is 0 Å². The Hall–Kier alpha value is -3.71. The van der Waals surface area contributed by atoms with Crippen molar-refractivity contribution < 1.29 is 14.3 Å². The molecule has 2 aromatic carbocycles. The summed E-state index contributed by atoms with van der Waals surface area (Å²) in [6, 6.07) is 16.8. The Morgan fingerprint density at radius 2 is 1.52 bits per heavy atom. The fourth-order valence-corrected chi connectivity index (χ4v) is 2.69. The predicted molar refractivity (Wildman–Crippen MR) is 111 cm³/mol. The molecule has 29 heavy (non-hydrogen) atoms. The van der Waals surface area contributed by atoms with Crippen LogP contribution < -0.4 is 21.1 Å². The zero-order valence-electron chi connectivity index (χ0n) is 16.0. The molecule has 0 bridgehead atoms. The van der Waals surface area contributed by atoms with Crippen LogP contribution in [0.25, 0.3) is 0 Å². The van der Waals surface area contributed by atoms with Gasteiger partial charge in [0.1, 0.15) is 5.75 Å². The van der Waals surface area contributed by atoms with E-state index in [4.69, 9.17) is 10.5 Å². The summed E-state index contributed by atoms with van der Waals surface area (Å²) in [5.41, 5.74) is 8.71. The summed E-state index contributed by atoms with van der Waals surface area (Å²) in [5.74, 6) is 0.256. The first-order valence-electron chi connectivity index (χ1n) is 9.06. The summed E-state index contributed by atoms with van der Waals surface area (Å²) in [6.45, 7) is 0.271. The Balaban J connectivity index is 1.54. The van der Waals surface area contributed by atoms with Crippen LogP contribution in [0.2, 0.25) is 0 Å². The van der Waals surface area contributed by atoms with Crippen molar-refractivity contribution in [3.8, 4) is 5.75 Å². The average molecular weight is 390 g/mol. The van der Waals surface area contributed by atoms with Gasteiger partial charge >= 0.3 is 0 Å². The highest BCUT2D eigenvalue weighted by molar-refractivity contribution is 6.04. The summed E-state index contributed by atoms with van der Waals surface area (Å²) < 4.78 is 5.08. The van der Waals surface area contributed by atoms with E-state index >= 15 is 0 Å². The van der Waals surface area contributed by atoms with Crippen LogP contribution in [-0.4, -0.2) is 30.5 Å². The Morgan fingerprint density at radius 3 is 2.14 bits per heavy atom. The predicted octanol–water partition coefficient (Wildman–Crippen LogP) is 2.77. The third-order valence-corrected chi connectivity index (χ3v) is 4.37. The minimum Gasteiger partial charge on any atom is -0.497 e. The van der Waals surface area contributed by atoms with E-state index in [0.717, 1.165) is 5.56 Å².